The molecule has 5 heteroatoms. The van der Waals surface area contributed by atoms with E-state index in [0.717, 1.165) is 44.1 Å². The highest BCUT2D eigenvalue weighted by Gasteiger charge is 2.15. The van der Waals surface area contributed by atoms with Crippen molar-refractivity contribution in [3.8, 4) is 0 Å². The number of rotatable bonds is 5. The molecule has 0 amide bonds. The average molecular weight is 226 g/mol. The summed E-state index contributed by atoms with van der Waals surface area (Å²) in [5.41, 5.74) is 0.910. The summed E-state index contributed by atoms with van der Waals surface area (Å²) in [4.78, 5) is 0. The molecule has 1 N–H and O–H groups in total. The molecule has 1 fully saturated rings. The molecule has 16 heavy (non-hydrogen) atoms. The number of ether oxygens (including phenoxy) is 2. The maximum absolute atomic E-state index is 5.73. The molecule has 1 aliphatic heterocycles. The molecule has 5 nitrogen and oxygen atoms in total. The van der Waals surface area contributed by atoms with Gasteiger partial charge in [-0.15, -0.1) is 0 Å². The Kier molecular flexibility index (Phi) is 4.33. The molecule has 0 aliphatic carbocycles. The van der Waals surface area contributed by atoms with Gasteiger partial charge in [0.1, 0.15) is 6.61 Å². The van der Waals surface area contributed by atoms with Crippen molar-refractivity contribution in [3.05, 3.63) is 17.5 Å². The summed E-state index contributed by atoms with van der Waals surface area (Å²) in [5, 5.41) is 6.95. The lowest BCUT2D eigenvalue weighted by atomic mass is 10.1. The lowest BCUT2D eigenvalue weighted by Crippen LogP contribution is -2.23. The van der Waals surface area contributed by atoms with Gasteiger partial charge >= 0.3 is 0 Å². The first-order valence-electron chi connectivity index (χ1n) is 5.67. The summed E-state index contributed by atoms with van der Waals surface area (Å²) in [6, 6.07) is 1.93. The monoisotopic (exact) mass is 226 g/mol. The zero-order valence-electron chi connectivity index (χ0n) is 9.57. The minimum Gasteiger partial charge on any atom is -0.381 e. The van der Waals surface area contributed by atoms with Crippen LogP contribution in [-0.2, 0) is 22.6 Å². The molecule has 0 radical (unpaired) electrons. The summed E-state index contributed by atoms with van der Waals surface area (Å²) >= 11 is 0. The number of aromatic nitrogens is 1. The van der Waals surface area contributed by atoms with Crippen molar-refractivity contribution in [1.82, 2.24) is 10.5 Å². The Labute approximate surface area is 95.1 Å². The molecule has 0 aromatic carbocycles. The Morgan fingerprint density at radius 3 is 3.06 bits per heavy atom. The first-order chi connectivity index (χ1) is 7.88. The standard InChI is InChI=1S/C11H18N2O3/c1-12-7-9-6-11(16-13-9)8-15-10-2-4-14-5-3-10/h6,10,12H,2-5,7-8H2,1H3. The lowest BCUT2D eigenvalue weighted by Gasteiger charge is -2.21. The Morgan fingerprint density at radius 1 is 1.50 bits per heavy atom. The van der Waals surface area contributed by atoms with E-state index < -0.39 is 0 Å². The third kappa shape index (κ3) is 3.30. The van der Waals surface area contributed by atoms with Gasteiger partial charge in [-0.3, -0.25) is 0 Å². The average Bonchev–Trinajstić information content (AvgIpc) is 2.76. The fourth-order valence-corrected chi connectivity index (χ4v) is 1.73. The zero-order chi connectivity index (χ0) is 11.2. The predicted octanol–water partition coefficient (Wildman–Crippen LogP) is 1.09. The zero-order valence-corrected chi connectivity index (χ0v) is 9.57. The van der Waals surface area contributed by atoms with Gasteiger partial charge in [-0.2, -0.15) is 0 Å². The minimum absolute atomic E-state index is 0.298. The number of nitrogens with zero attached hydrogens (tertiary/aromatic N) is 1. The summed E-state index contributed by atoms with van der Waals surface area (Å²) in [6.45, 7) is 2.82. The largest absolute Gasteiger partial charge is 0.381 e. The molecule has 0 saturated carbocycles. The van der Waals surface area contributed by atoms with Crippen molar-refractivity contribution in [2.75, 3.05) is 20.3 Å². The van der Waals surface area contributed by atoms with Gasteiger partial charge in [0.2, 0.25) is 0 Å². The number of hydrogen-bond donors (Lipinski definition) is 1. The molecule has 1 aromatic rings. The van der Waals surface area contributed by atoms with E-state index in [-0.39, 0.29) is 0 Å². The second kappa shape index (κ2) is 5.98. The Hall–Kier alpha value is -0.910. The van der Waals surface area contributed by atoms with E-state index in [4.69, 9.17) is 14.0 Å². The van der Waals surface area contributed by atoms with Crippen LogP contribution in [0, 0.1) is 0 Å². The van der Waals surface area contributed by atoms with Crippen LogP contribution in [0.3, 0.4) is 0 Å². The smallest absolute Gasteiger partial charge is 0.162 e. The normalized spacial score (nSPS) is 17.8. The van der Waals surface area contributed by atoms with Crippen LogP contribution >= 0.6 is 0 Å². The van der Waals surface area contributed by atoms with Crippen molar-refractivity contribution in [2.45, 2.75) is 32.1 Å². The van der Waals surface area contributed by atoms with Gasteiger partial charge in [0.05, 0.1) is 11.8 Å². The third-order valence-electron chi connectivity index (χ3n) is 2.60. The van der Waals surface area contributed by atoms with Crippen molar-refractivity contribution in [3.63, 3.8) is 0 Å². The molecule has 1 aromatic heterocycles. The molecule has 2 heterocycles. The molecule has 1 saturated heterocycles. The van der Waals surface area contributed by atoms with Crippen molar-refractivity contribution >= 4 is 0 Å². The maximum atomic E-state index is 5.73. The summed E-state index contributed by atoms with van der Waals surface area (Å²) in [5.74, 6) is 0.789. The van der Waals surface area contributed by atoms with Crippen LogP contribution in [0.4, 0.5) is 0 Å². The SMILES string of the molecule is CNCc1cc(COC2CCOCC2)on1. The summed E-state index contributed by atoms with van der Waals surface area (Å²) in [6.07, 6.45) is 2.24. The molecule has 0 atom stereocenters. The topological polar surface area (TPSA) is 56.5 Å². The lowest BCUT2D eigenvalue weighted by molar-refractivity contribution is -0.0443. The van der Waals surface area contributed by atoms with Gasteiger partial charge < -0.3 is 19.3 Å². The highest BCUT2D eigenvalue weighted by molar-refractivity contribution is 5.04. The maximum Gasteiger partial charge on any atom is 0.162 e. The molecule has 2 rings (SSSR count). The number of hydrogen-bond acceptors (Lipinski definition) is 5. The number of nitrogens with one attached hydrogen (secondary N) is 1. The van der Waals surface area contributed by atoms with Crippen LogP contribution in [0.1, 0.15) is 24.3 Å². The second-order valence-corrected chi connectivity index (χ2v) is 3.94. The first-order valence-corrected chi connectivity index (χ1v) is 5.67. The van der Waals surface area contributed by atoms with Crippen molar-refractivity contribution in [2.24, 2.45) is 0 Å². The van der Waals surface area contributed by atoms with Crippen LogP contribution in [0.25, 0.3) is 0 Å². The van der Waals surface area contributed by atoms with Gasteiger partial charge in [-0.05, 0) is 19.9 Å². The molecule has 0 unspecified atom stereocenters. The van der Waals surface area contributed by atoms with Gasteiger partial charge in [0.25, 0.3) is 0 Å². The molecule has 1 aliphatic rings. The molecular formula is C11H18N2O3. The quantitative estimate of drug-likeness (QED) is 0.814. The molecular weight excluding hydrogens is 208 g/mol. The van der Waals surface area contributed by atoms with Gasteiger partial charge in [0.15, 0.2) is 5.76 Å². The Balaban J connectivity index is 1.75. The van der Waals surface area contributed by atoms with E-state index in [9.17, 15) is 0 Å². The Bertz CT molecular complexity index is 308. The molecule has 0 spiro atoms. The van der Waals surface area contributed by atoms with E-state index in [0.29, 0.717) is 12.7 Å². The van der Waals surface area contributed by atoms with Gasteiger partial charge in [0, 0.05) is 25.8 Å². The first kappa shape index (κ1) is 11.6. The fourth-order valence-electron chi connectivity index (χ4n) is 1.73. The van der Waals surface area contributed by atoms with Crippen LogP contribution < -0.4 is 5.32 Å². The van der Waals surface area contributed by atoms with E-state index in [1.54, 1.807) is 0 Å². The predicted molar refractivity (Wildman–Crippen MR) is 57.9 cm³/mol. The third-order valence-corrected chi connectivity index (χ3v) is 2.60. The van der Waals surface area contributed by atoms with E-state index in [2.05, 4.69) is 10.5 Å². The highest BCUT2D eigenvalue weighted by Crippen LogP contribution is 2.13. The van der Waals surface area contributed by atoms with Crippen LogP contribution in [0.15, 0.2) is 10.6 Å². The minimum atomic E-state index is 0.298. The summed E-state index contributed by atoms with van der Waals surface area (Å²) < 4.78 is 16.2. The van der Waals surface area contributed by atoms with Crippen LogP contribution in [0.5, 0.6) is 0 Å². The van der Waals surface area contributed by atoms with E-state index in [1.165, 1.54) is 0 Å². The summed E-state index contributed by atoms with van der Waals surface area (Å²) in [7, 11) is 1.88. The van der Waals surface area contributed by atoms with Gasteiger partial charge in [-0.25, -0.2) is 0 Å². The van der Waals surface area contributed by atoms with E-state index >= 15 is 0 Å². The van der Waals surface area contributed by atoms with Gasteiger partial charge in [-0.1, -0.05) is 5.16 Å². The van der Waals surface area contributed by atoms with Crippen molar-refractivity contribution in [1.29, 1.82) is 0 Å². The highest BCUT2D eigenvalue weighted by atomic mass is 16.5. The Morgan fingerprint density at radius 2 is 2.31 bits per heavy atom. The fraction of sp³-hybridized carbons (Fsp3) is 0.727. The molecule has 90 valence electrons. The van der Waals surface area contributed by atoms with Crippen LogP contribution in [0.2, 0.25) is 0 Å². The second-order valence-electron chi connectivity index (χ2n) is 3.94. The van der Waals surface area contributed by atoms with Crippen molar-refractivity contribution < 1.29 is 14.0 Å². The van der Waals surface area contributed by atoms with E-state index in [1.807, 2.05) is 13.1 Å². The van der Waals surface area contributed by atoms with Crippen LogP contribution in [-0.4, -0.2) is 31.5 Å². The molecule has 0 bridgehead atoms.